The van der Waals surface area contributed by atoms with Crippen LogP contribution in [0.2, 0.25) is 0 Å². The van der Waals surface area contributed by atoms with Crippen molar-refractivity contribution >= 4 is 17.7 Å². The van der Waals surface area contributed by atoms with E-state index in [1.54, 1.807) is 6.92 Å². The fourth-order valence-electron chi connectivity index (χ4n) is 3.62. The lowest BCUT2D eigenvalue weighted by Gasteiger charge is -2.27. The Morgan fingerprint density at radius 3 is 2.68 bits per heavy atom. The second-order valence-electron chi connectivity index (χ2n) is 7.01. The molecular formula is C18H25N7O6. The zero-order valence-electron chi connectivity index (χ0n) is 16.9. The molecule has 3 rings (SSSR count). The van der Waals surface area contributed by atoms with E-state index in [1.807, 2.05) is 0 Å². The first-order valence-corrected chi connectivity index (χ1v) is 9.55. The van der Waals surface area contributed by atoms with Crippen LogP contribution in [0.5, 0.6) is 0 Å². The third-order valence-corrected chi connectivity index (χ3v) is 5.07. The number of rotatable bonds is 7. The van der Waals surface area contributed by atoms with Crippen LogP contribution in [-0.4, -0.2) is 66.7 Å². The van der Waals surface area contributed by atoms with Gasteiger partial charge in [-0.3, -0.25) is 24.2 Å². The highest BCUT2D eigenvalue weighted by Crippen LogP contribution is 2.19. The molecule has 3 amide bonds. The molecule has 0 unspecified atom stereocenters. The fraction of sp³-hybridized carbons (Fsp3) is 0.444. The largest absolute Gasteiger partial charge is 0.412 e. The third kappa shape index (κ3) is 5.06. The molecule has 168 valence electrons. The first-order chi connectivity index (χ1) is 14.3. The van der Waals surface area contributed by atoms with Crippen molar-refractivity contribution in [3.05, 3.63) is 50.3 Å². The molecule has 0 aromatic carbocycles. The molecule has 1 aliphatic rings. The topological polar surface area (TPSA) is 218 Å². The molecule has 2 atom stereocenters. The maximum absolute atomic E-state index is 13.2. The summed E-state index contributed by atoms with van der Waals surface area (Å²) in [5.74, 6) is -1.87. The van der Waals surface area contributed by atoms with E-state index in [-0.39, 0.29) is 29.6 Å². The molecule has 2 aromatic heterocycles. The molecule has 8 N–H and O–H groups in total. The van der Waals surface area contributed by atoms with E-state index in [2.05, 4.69) is 25.3 Å². The van der Waals surface area contributed by atoms with Crippen LogP contribution in [0.4, 0.5) is 0 Å². The Hall–Kier alpha value is -3.74. The number of nitrogens with zero attached hydrogens (tertiary/aromatic N) is 2. The molecule has 31 heavy (non-hydrogen) atoms. The van der Waals surface area contributed by atoms with Crippen molar-refractivity contribution in [3.8, 4) is 0 Å². The Bertz CT molecular complexity index is 1060. The van der Waals surface area contributed by atoms with Gasteiger partial charge in [-0.2, -0.15) is 0 Å². The number of aromatic nitrogens is 4. The van der Waals surface area contributed by atoms with Crippen molar-refractivity contribution in [2.75, 3.05) is 6.54 Å². The molecule has 1 aliphatic heterocycles. The minimum Gasteiger partial charge on any atom is -0.412 e. The SMILES string of the molecule is CCc1c(C(=O)N[C@@H](Cc2cnc[nH]2)C(=O)N2CCC[C@H]2C(N)=O)[nH]c(=O)[nH]c1=O.O. The summed E-state index contributed by atoms with van der Waals surface area (Å²) in [4.78, 5) is 73.9. The molecule has 1 fully saturated rings. The quantitative estimate of drug-likeness (QED) is 0.312. The maximum Gasteiger partial charge on any atom is 0.326 e. The predicted octanol–water partition coefficient (Wildman–Crippen LogP) is -2.66. The van der Waals surface area contributed by atoms with Gasteiger partial charge >= 0.3 is 5.69 Å². The number of aromatic amines is 3. The molecule has 1 saturated heterocycles. The van der Waals surface area contributed by atoms with Gasteiger partial charge in [0, 0.05) is 30.4 Å². The molecule has 0 bridgehead atoms. The van der Waals surface area contributed by atoms with Crippen LogP contribution in [0.1, 0.15) is 41.5 Å². The Morgan fingerprint density at radius 2 is 2.06 bits per heavy atom. The Balaban J connectivity index is 0.00000341. The zero-order chi connectivity index (χ0) is 21.8. The molecule has 13 heteroatoms. The minimum absolute atomic E-state index is 0. The molecule has 2 aromatic rings. The van der Waals surface area contributed by atoms with Crippen LogP contribution in [0.3, 0.4) is 0 Å². The molecule has 0 radical (unpaired) electrons. The number of amides is 3. The van der Waals surface area contributed by atoms with E-state index < -0.39 is 41.1 Å². The average molecular weight is 435 g/mol. The van der Waals surface area contributed by atoms with E-state index in [1.165, 1.54) is 17.4 Å². The van der Waals surface area contributed by atoms with Gasteiger partial charge in [0.15, 0.2) is 0 Å². The summed E-state index contributed by atoms with van der Waals surface area (Å²) < 4.78 is 0. The van der Waals surface area contributed by atoms with Crippen molar-refractivity contribution in [2.45, 2.75) is 44.7 Å². The molecule has 0 spiro atoms. The van der Waals surface area contributed by atoms with Crippen molar-refractivity contribution in [1.29, 1.82) is 0 Å². The molecule has 13 nitrogen and oxygen atoms in total. The van der Waals surface area contributed by atoms with E-state index >= 15 is 0 Å². The normalized spacial score (nSPS) is 16.4. The lowest BCUT2D eigenvalue weighted by atomic mass is 10.1. The standard InChI is InChI=1S/C18H23N7O5.H2O/c1-2-10-13(23-18(30)24-15(10)27)16(28)22-11(6-9-7-20-8-21-9)17(29)25-5-3-4-12(25)14(19)26;/h7-8,11-12H,2-6H2,1H3,(H2,19,26)(H,20,21)(H,22,28)(H2,23,24,27,30);1H2/t11-,12-;/m0./s1. The number of primary amides is 1. The summed E-state index contributed by atoms with van der Waals surface area (Å²) in [6.45, 7) is 2.00. The van der Waals surface area contributed by atoms with Gasteiger partial charge in [-0.1, -0.05) is 6.92 Å². The van der Waals surface area contributed by atoms with E-state index in [0.717, 1.165) is 0 Å². The molecule has 0 aliphatic carbocycles. The van der Waals surface area contributed by atoms with E-state index in [0.29, 0.717) is 25.1 Å². The van der Waals surface area contributed by atoms with Crippen molar-refractivity contribution in [2.24, 2.45) is 5.73 Å². The summed E-state index contributed by atoms with van der Waals surface area (Å²) >= 11 is 0. The number of hydrogen-bond acceptors (Lipinski definition) is 6. The monoisotopic (exact) mass is 435 g/mol. The number of hydrogen-bond donors (Lipinski definition) is 5. The lowest BCUT2D eigenvalue weighted by molar-refractivity contribution is -0.138. The Labute approximate surface area is 175 Å². The van der Waals surface area contributed by atoms with Gasteiger partial charge in [0.25, 0.3) is 11.5 Å². The number of nitrogens with one attached hydrogen (secondary N) is 4. The number of carbonyl (C=O) groups is 3. The Morgan fingerprint density at radius 1 is 1.32 bits per heavy atom. The highest BCUT2D eigenvalue weighted by molar-refractivity contribution is 5.98. The zero-order valence-corrected chi connectivity index (χ0v) is 16.9. The smallest absolute Gasteiger partial charge is 0.326 e. The minimum atomic E-state index is -1.06. The average Bonchev–Trinajstić information content (AvgIpc) is 3.38. The van der Waals surface area contributed by atoms with Gasteiger partial charge in [-0.05, 0) is 19.3 Å². The van der Waals surface area contributed by atoms with Gasteiger partial charge in [0.1, 0.15) is 17.8 Å². The molecular weight excluding hydrogens is 410 g/mol. The highest BCUT2D eigenvalue weighted by Gasteiger charge is 2.37. The van der Waals surface area contributed by atoms with Gasteiger partial charge < -0.3 is 31.4 Å². The van der Waals surface area contributed by atoms with Crippen LogP contribution in [-0.2, 0) is 22.4 Å². The summed E-state index contributed by atoms with van der Waals surface area (Å²) in [5.41, 5.74) is 4.38. The number of nitrogens with two attached hydrogens (primary N) is 1. The van der Waals surface area contributed by atoms with Crippen LogP contribution in [0, 0.1) is 0 Å². The van der Waals surface area contributed by atoms with Crippen molar-refractivity contribution < 1.29 is 19.9 Å². The van der Waals surface area contributed by atoms with Gasteiger partial charge in [0.05, 0.1) is 6.33 Å². The number of imidazole rings is 1. The summed E-state index contributed by atoms with van der Waals surface area (Å²) in [6.07, 6.45) is 4.28. The second kappa shape index (κ2) is 9.84. The first kappa shape index (κ1) is 23.5. The van der Waals surface area contributed by atoms with E-state index in [4.69, 9.17) is 5.73 Å². The van der Waals surface area contributed by atoms with Crippen LogP contribution < -0.4 is 22.3 Å². The van der Waals surface area contributed by atoms with E-state index in [9.17, 15) is 24.0 Å². The number of carbonyl (C=O) groups excluding carboxylic acids is 3. The maximum atomic E-state index is 13.2. The third-order valence-electron chi connectivity index (χ3n) is 5.07. The van der Waals surface area contributed by atoms with Crippen molar-refractivity contribution in [1.82, 2.24) is 30.2 Å². The molecule has 3 heterocycles. The number of likely N-dealkylation sites (tertiary alicyclic amines) is 1. The van der Waals surface area contributed by atoms with Crippen LogP contribution >= 0.6 is 0 Å². The molecule has 0 saturated carbocycles. The summed E-state index contributed by atoms with van der Waals surface area (Å²) in [5, 5.41) is 2.58. The summed E-state index contributed by atoms with van der Waals surface area (Å²) in [6, 6.07) is -1.81. The lowest BCUT2D eigenvalue weighted by Crippen LogP contribution is -2.54. The Kier molecular flexibility index (Phi) is 7.47. The second-order valence-corrected chi connectivity index (χ2v) is 7.01. The first-order valence-electron chi connectivity index (χ1n) is 9.55. The van der Waals surface area contributed by atoms with Crippen LogP contribution in [0.15, 0.2) is 22.1 Å². The van der Waals surface area contributed by atoms with Gasteiger partial charge in [-0.25, -0.2) is 9.78 Å². The van der Waals surface area contributed by atoms with Crippen LogP contribution in [0.25, 0.3) is 0 Å². The highest BCUT2D eigenvalue weighted by atomic mass is 16.2. The predicted molar refractivity (Wildman–Crippen MR) is 108 cm³/mol. The fourth-order valence-corrected chi connectivity index (χ4v) is 3.62. The number of H-pyrrole nitrogens is 3. The summed E-state index contributed by atoms with van der Waals surface area (Å²) in [7, 11) is 0. The van der Waals surface area contributed by atoms with Gasteiger partial charge in [-0.15, -0.1) is 0 Å². The van der Waals surface area contributed by atoms with Gasteiger partial charge in [0.2, 0.25) is 11.8 Å². The van der Waals surface area contributed by atoms with Crippen molar-refractivity contribution in [3.63, 3.8) is 0 Å².